The molecule has 0 saturated heterocycles. The molecule has 0 aromatic heterocycles. The van der Waals surface area contributed by atoms with Gasteiger partial charge in [-0.15, -0.1) is 0 Å². The third kappa shape index (κ3) is 4.66. The van der Waals surface area contributed by atoms with Gasteiger partial charge >= 0.3 is 0 Å². The first-order valence-electron chi connectivity index (χ1n) is 3.33. The lowest BCUT2D eigenvalue weighted by atomic mass is 10.2. The number of carbonyl (C=O) groups excluding carboxylic acids is 1. The number of nitrogens with one attached hydrogen (secondary N) is 1. The molecule has 0 spiro atoms. The van der Waals surface area contributed by atoms with Gasteiger partial charge in [-0.3, -0.25) is 4.79 Å². The molecule has 0 aromatic rings. The molecule has 0 aliphatic rings. The fraction of sp³-hybridized carbons (Fsp3) is 0.833. The van der Waals surface area contributed by atoms with Crippen LogP contribution in [0.25, 0.3) is 0 Å². The minimum atomic E-state index is -2.50. The van der Waals surface area contributed by atoms with Crippen molar-refractivity contribution in [3.8, 4) is 0 Å². The normalized spacial score (nSPS) is 13.2. The number of carbonyl (C=O) groups is 1. The number of rotatable bonds is 4. The highest BCUT2D eigenvalue weighted by atomic mass is 19.3. The molecule has 66 valence electrons. The highest BCUT2D eigenvalue weighted by molar-refractivity contribution is 5.78. The zero-order valence-electron chi connectivity index (χ0n) is 6.31. The van der Waals surface area contributed by atoms with Gasteiger partial charge in [0, 0.05) is 12.5 Å². The van der Waals surface area contributed by atoms with Crippen LogP contribution in [-0.4, -0.2) is 25.4 Å². The number of amides is 1. The average Bonchev–Trinajstić information content (AvgIpc) is 1.98. The Bertz CT molecular complexity index is 130. The van der Waals surface area contributed by atoms with E-state index in [-0.39, 0.29) is 6.54 Å². The lowest BCUT2D eigenvalue weighted by Crippen LogP contribution is -2.35. The van der Waals surface area contributed by atoms with E-state index in [9.17, 15) is 13.6 Å². The lowest BCUT2D eigenvalue weighted by molar-refractivity contribution is -0.124. The zero-order valence-corrected chi connectivity index (χ0v) is 6.31. The van der Waals surface area contributed by atoms with Crippen molar-refractivity contribution in [2.75, 3.05) is 13.1 Å². The molecule has 0 fully saturated rings. The maximum atomic E-state index is 11.5. The van der Waals surface area contributed by atoms with Crippen LogP contribution in [0.15, 0.2) is 0 Å². The third-order valence-electron chi connectivity index (χ3n) is 1.23. The highest BCUT2D eigenvalue weighted by Crippen LogP contribution is 1.92. The molecule has 3 nitrogen and oxygen atoms in total. The van der Waals surface area contributed by atoms with Crippen molar-refractivity contribution in [2.24, 2.45) is 11.7 Å². The first kappa shape index (κ1) is 10.3. The molecule has 1 amide bonds. The van der Waals surface area contributed by atoms with E-state index >= 15 is 0 Å². The van der Waals surface area contributed by atoms with Crippen LogP contribution in [0.3, 0.4) is 0 Å². The van der Waals surface area contributed by atoms with Crippen LogP contribution in [0.4, 0.5) is 8.78 Å². The topological polar surface area (TPSA) is 55.1 Å². The minimum absolute atomic E-state index is 0.176. The Labute approximate surface area is 63.9 Å². The second kappa shape index (κ2) is 5.01. The zero-order chi connectivity index (χ0) is 8.85. The average molecular weight is 166 g/mol. The molecule has 0 aliphatic heterocycles. The van der Waals surface area contributed by atoms with E-state index in [1.54, 1.807) is 6.92 Å². The SMILES string of the molecule is CC(CN)C(=O)NCC(F)F. The summed E-state index contributed by atoms with van der Waals surface area (Å²) in [6.45, 7) is 1.17. The van der Waals surface area contributed by atoms with Gasteiger partial charge in [-0.1, -0.05) is 6.92 Å². The van der Waals surface area contributed by atoms with Gasteiger partial charge < -0.3 is 11.1 Å². The van der Waals surface area contributed by atoms with Crippen molar-refractivity contribution < 1.29 is 13.6 Å². The fourth-order valence-electron chi connectivity index (χ4n) is 0.459. The van der Waals surface area contributed by atoms with Gasteiger partial charge in [-0.05, 0) is 0 Å². The Morgan fingerprint density at radius 1 is 1.64 bits per heavy atom. The van der Waals surface area contributed by atoms with Crippen molar-refractivity contribution >= 4 is 5.91 Å². The Morgan fingerprint density at radius 3 is 2.55 bits per heavy atom. The summed E-state index contributed by atoms with van der Waals surface area (Å²) in [4.78, 5) is 10.8. The van der Waals surface area contributed by atoms with Crippen LogP contribution in [-0.2, 0) is 4.79 Å². The van der Waals surface area contributed by atoms with E-state index in [1.165, 1.54) is 0 Å². The smallest absolute Gasteiger partial charge is 0.255 e. The fourth-order valence-corrected chi connectivity index (χ4v) is 0.459. The first-order valence-corrected chi connectivity index (χ1v) is 3.33. The Kier molecular flexibility index (Phi) is 4.69. The van der Waals surface area contributed by atoms with Crippen LogP contribution in [0.2, 0.25) is 0 Å². The standard InChI is InChI=1S/C6H12F2N2O/c1-4(2-9)6(11)10-3-5(7)8/h4-5H,2-3,9H2,1H3,(H,10,11). The van der Waals surface area contributed by atoms with Gasteiger partial charge in [0.25, 0.3) is 6.43 Å². The summed E-state index contributed by atoms with van der Waals surface area (Å²) in [5.41, 5.74) is 5.13. The summed E-state index contributed by atoms with van der Waals surface area (Å²) in [5.74, 6) is -0.818. The Balaban J connectivity index is 3.52. The summed E-state index contributed by atoms with van der Waals surface area (Å²) in [6, 6.07) is 0. The van der Waals surface area contributed by atoms with Crippen LogP contribution in [0.1, 0.15) is 6.92 Å². The Morgan fingerprint density at radius 2 is 2.18 bits per heavy atom. The largest absolute Gasteiger partial charge is 0.350 e. The second-order valence-electron chi connectivity index (χ2n) is 2.27. The molecule has 0 aliphatic carbocycles. The van der Waals surface area contributed by atoms with Gasteiger partial charge in [0.15, 0.2) is 0 Å². The number of hydrogen-bond donors (Lipinski definition) is 2. The maximum Gasteiger partial charge on any atom is 0.255 e. The molecule has 0 rings (SSSR count). The maximum absolute atomic E-state index is 11.5. The molecule has 3 N–H and O–H groups in total. The number of hydrogen-bond acceptors (Lipinski definition) is 2. The monoisotopic (exact) mass is 166 g/mol. The number of alkyl halides is 2. The Hall–Kier alpha value is -0.710. The van der Waals surface area contributed by atoms with Crippen LogP contribution in [0, 0.1) is 5.92 Å². The van der Waals surface area contributed by atoms with Gasteiger partial charge in [0.1, 0.15) is 0 Å². The van der Waals surface area contributed by atoms with Gasteiger partial charge in [-0.25, -0.2) is 8.78 Å². The summed E-state index contributed by atoms with van der Waals surface area (Å²) >= 11 is 0. The number of nitrogens with two attached hydrogens (primary N) is 1. The van der Waals surface area contributed by atoms with Crippen LogP contribution < -0.4 is 11.1 Å². The molecule has 0 radical (unpaired) electrons. The van der Waals surface area contributed by atoms with Crippen molar-refractivity contribution in [3.63, 3.8) is 0 Å². The molecule has 5 heteroatoms. The third-order valence-corrected chi connectivity index (χ3v) is 1.23. The molecular formula is C6H12F2N2O. The first-order chi connectivity index (χ1) is 5.07. The summed E-state index contributed by atoms with van der Waals surface area (Å²) in [5, 5.41) is 2.06. The van der Waals surface area contributed by atoms with Crippen molar-refractivity contribution in [3.05, 3.63) is 0 Å². The van der Waals surface area contributed by atoms with E-state index in [2.05, 4.69) is 5.32 Å². The summed E-state index contributed by atoms with van der Waals surface area (Å²) < 4.78 is 23.0. The van der Waals surface area contributed by atoms with Gasteiger partial charge in [-0.2, -0.15) is 0 Å². The molecule has 0 aromatic carbocycles. The van der Waals surface area contributed by atoms with E-state index in [1.807, 2.05) is 0 Å². The molecule has 1 atom stereocenters. The molecule has 0 heterocycles. The quantitative estimate of drug-likeness (QED) is 0.615. The summed E-state index contributed by atoms with van der Waals surface area (Å²) in [7, 11) is 0. The van der Waals surface area contributed by atoms with Crippen molar-refractivity contribution in [1.29, 1.82) is 0 Å². The predicted octanol–water partition coefficient (Wildman–Crippen LogP) is -0.0375. The molecule has 11 heavy (non-hydrogen) atoms. The molecule has 1 unspecified atom stereocenters. The highest BCUT2D eigenvalue weighted by Gasteiger charge is 2.11. The second-order valence-corrected chi connectivity index (χ2v) is 2.27. The van der Waals surface area contributed by atoms with E-state index in [0.29, 0.717) is 0 Å². The van der Waals surface area contributed by atoms with Crippen LogP contribution in [0.5, 0.6) is 0 Å². The van der Waals surface area contributed by atoms with E-state index < -0.39 is 24.8 Å². The summed E-state index contributed by atoms with van der Waals surface area (Å²) in [6.07, 6.45) is -2.50. The molecular weight excluding hydrogens is 154 g/mol. The number of halogens is 2. The van der Waals surface area contributed by atoms with E-state index in [0.717, 1.165) is 0 Å². The minimum Gasteiger partial charge on any atom is -0.350 e. The van der Waals surface area contributed by atoms with Gasteiger partial charge in [0.05, 0.1) is 6.54 Å². The molecule has 0 saturated carbocycles. The lowest BCUT2D eigenvalue weighted by Gasteiger charge is -2.08. The van der Waals surface area contributed by atoms with Crippen LogP contribution >= 0.6 is 0 Å². The van der Waals surface area contributed by atoms with Crippen molar-refractivity contribution in [2.45, 2.75) is 13.3 Å². The van der Waals surface area contributed by atoms with Crippen molar-refractivity contribution in [1.82, 2.24) is 5.32 Å². The molecule has 0 bridgehead atoms. The van der Waals surface area contributed by atoms with E-state index in [4.69, 9.17) is 5.73 Å². The van der Waals surface area contributed by atoms with Gasteiger partial charge in [0.2, 0.25) is 5.91 Å². The predicted molar refractivity (Wildman–Crippen MR) is 37.2 cm³/mol.